The molecule has 4 nitrogen and oxygen atoms in total. The molecule has 3 N–H and O–H groups in total. The van der Waals surface area contributed by atoms with Crippen molar-refractivity contribution in [2.24, 2.45) is 0 Å². The fourth-order valence-electron chi connectivity index (χ4n) is 1.70. The molecule has 2 aromatic rings. The molecule has 0 saturated heterocycles. The highest BCUT2D eigenvalue weighted by atomic mass is 79.9. The minimum absolute atomic E-state index is 0.217. The van der Waals surface area contributed by atoms with Crippen molar-refractivity contribution in [3.63, 3.8) is 0 Å². The van der Waals surface area contributed by atoms with E-state index in [1.807, 2.05) is 25.1 Å². The van der Waals surface area contributed by atoms with Gasteiger partial charge in [0.05, 0.1) is 12.8 Å². The highest BCUT2D eigenvalue weighted by molar-refractivity contribution is 9.10. The van der Waals surface area contributed by atoms with Crippen molar-refractivity contribution in [2.45, 2.75) is 6.92 Å². The third-order valence-corrected chi connectivity index (χ3v) is 3.65. The molecule has 0 aromatic heterocycles. The molecule has 0 aliphatic rings. The Bertz CT molecular complexity index is 656. The summed E-state index contributed by atoms with van der Waals surface area (Å²) in [6.07, 6.45) is 0. The van der Waals surface area contributed by atoms with Crippen LogP contribution in [0.4, 0.5) is 11.4 Å². The van der Waals surface area contributed by atoms with Gasteiger partial charge in [0.1, 0.15) is 5.75 Å². The Morgan fingerprint density at radius 3 is 2.65 bits per heavy atom. The van der Waals surface area contributed by atoms with E-state index in [0.717, 1.165) is 10.0 Å². The Hall–Kier alpha value is -2.01. The molecule has 1 amide bonds. The minimum Gasteiger partial charge on any atom is -0.497 e. The normalized spacial score (nSPS) is 10.2. The first-order chi connectivity index (χ1) is 9.51. The molecule has 20 heavy (non-hydrogen) atoms. The van der Waals surface area contributed by atoms with E-state index < -0.39 is 0 Å². The zero-order valence-electron chi connectivity index (χ0n) is 11.2. The zero-order valence-corrected chi connectivity index (χ0v) is 12.8. The molecule has 0 spiro atoms. The number of anilines is 2. The van der Waals surface area contributed by atoms with Crippen LogP contribution < -0.4 is 15.8 Å². The monoisotopic (exact) mass is 334 g/mol. The van der Waals surface area contributed by atoms with Gasteiger partial charge in [-0.2, -0.15) is 0 Å². The van der Waals surface area contributed by atoms with Gasteiger partial charge in [0.15, 0.2) is 0 Å². The summed E-state index contributed by atoms with van der Waals surface area (Å²) >= 11 is 3.39. The van der Waals surface area contributed by atoms with Gasteiger partial charge in [-0.05, 0) is 52.7 Å². The summed E-state index contributed by atoms with van der Waals surface area (Å²) < 4.78 is 5.92. The van der Waals surface area contributed by atoms with Gasteiger partial charge in [-0.3, -0.25) is 4.79 Å². The summed E-state index contributed by atoms with van der Waals surface area (Å²) in [6, 6.07) is 10.6. The average Bonchev–Trinajstić information content (AvgIpc) is 2.44. The standard InChI is InChI=1S/C15H15BrN2O2/c1-9-3-4-10(7-13(9)17)15(19)18-14-8-11(20-2)5-6-12(14)16/h3-8H,17H2,1-2H3,(H,18,19). The van der Waals surface area contributed by atoms with E-state index in [1.54, 1.807) is 25.3 Å². The summed E-state index contributed by atoms with van der Waals surface area (Å²) in [4.78, 5) is 12.2. The van der Waals surface area contributed by atoms with E-state index in [0.29, 0.717) is 22.7 Å². The molecular weight excluding hydrogens is 320 g/mol. The van der Waals surface area contributed by atoms with E-state index in [9.17, 15) is 4.79 Å². The fourth-order valence-corrected chi connectivity index (χ4v) is 2.05. The largest absolute Gasteiger partial charge is 0.497 e. The number of nitrogen functional groups attached to an aromatic ring is 1. The maximum absolute atomic E-state index is 12.2. The van der Waals surface area contributed by atoms with Gasteiger partial charge >= 0.3 is 0 Å². The summed E-state index contributed by atoms with van der Waals surface area (Å²) in [7, 11) is 1.58. The van der Waals surface area contributed by atoms with E-state index in [1.165, 1.54) is 0 Å². The smallest absolute Gasteiger partial charge is 0.255 e. The predicted molar refractivity (Wildman–Crippen MR) is 84.2 cm³/mol. The predicted octanol–water partition coefficient (Wildman–Crippen LogP) is 3.60. The average molecular weight is 335 g/mol. The number of hydrogen-bond donors (Lipinski definition) is 2. The van der Waals surface area contributed by atoms with Crippen molar-refractivity contribution in [1.82, 2.24) is 0 Å². The molecule has 0 heterocycles. The molecule has 0 atom stereocenters. The van der Waals surface area contributed by atoms with Crippen molar-refractivity contribution < 1.29 is 9.53 Å². The summed E-state index contributed by atoms with van der Waals surface area (Å²) in [5.41, 5.74) is 8.53. The molecule has 5 heteroatoms. The summed E-state index contributed by atoms with van der Waals surface area (Å²) in [5.74, 6) is 0.456. The Morgan fingerprint density at radius 2 is 2.00 bits per heavy atom. The SMILES string of the molecule is COc1ccc(Br)c(NC(=O)c2ccc(C)c(N)c2)c1. The van der Waals surface area contributed by atoms with Gasteiger partial charge < -0.3 is 15.8 Å². The number of nitrogens with two attached hydrogens (primary N) is 1. The number of amides is 1. The molecule has 0 aliphatic carbocycles. The van der Waals surface area contributed by atoms with Crippen LogP contribution in [0.15, 0.2) is 40.9 Å². The van der Waals surface area contributed by atoms with Crippen LogP contribution in [-0.2, 0) is 0 Å². The van der Waals surface area contributed by atoms with E-state index in [-0.39, 0.29) is 5.91 Å². The van der Waals surface area contributed by atoms with Gasteiger partial charge in [-0.15, -0.1) is 0 Å². The first kappa shape index (κ1) is 14.4. The number of nitrogens with one attached hydrogen (secondary N) is 1. The Labute approximate surface area is 126 Å². The molecule has 0 aliphatic heterocycles. The van der Waals surface area contributed by atoms with E-state index in [4.69, 9.17) is 10.5 Å². The van der Waals surface area contributed by atoms with Gasteiger partial charge in [0, 0.05) is 21.8 Å². The van der Waals surface area contributed by atoms with Crippen LogP contribution in [0.3, 0.4) is 0 Å². The van der Waals surface area contributed by atoms with Crippen LogP contribution in [0.25, 0.3) is 0 Å². The van der Waals surface area contributed by atoms with Gasteiger partial charge in [0.25, 0.3) is 5.91 Å². The molecule has 104 valence electrons. The lowest BCUT2D eigenvalue weighted by atomic mass is 10.1. The molecule has 0 saturated carbocycles. The van der Waals surface area contributed by atoms with E-state index >= 15 is 0 Å². The maximum Gasteiger partial charge on any atom is 0.255 e. The topological polar surface area (TPSA) is 64.3 Å². The molecule has 2 aromatic carbocycles. The number of benzene rings is 2. The van der Waals surface area contributed by atoms with E-state index in [2.05, 4.69) is 21.2 Å². The number of halogens is 1. The number of ether oxygens (including phenoxy) is 1. The van der Waals surface area contributed by atoms with Crippen LogP contribution in [0.2, 0.25) is 0 Å². The molecule has 0 radical (unpaired) electrons. The summed E-state index contributed by atoms with van der Waals surface area (Å²) in [5, 5.41) is 2.83. The number of rotatable bonds is 3. The highest BCUT2D eigenvalue weighted by Crippen LogP contribution is 2.27. The molecular formula is C15H15BrN2O2. The molecule has 0 fully saturated rings. The number of carbonyl (C=O) groups excluding carboxylic acids is 1. The second-order valence-corrected chi connectivity index (χ2v) is 5.23. The summed E-state index contributed by atoms with van der Waals surface area (Å²) in [6.45, 7) is 1.90. The number of hydrogen-bond acceptors (Lipinski definition) is 3. The Balaban J connectivity index is 2.25. The maximum atomic E-state index is 12.2. The fraction of sp³-hybridized carbons (Fsp3) is 0.133. The van der Waals surface area contributed by atoms with Crippen LogP contribution in [-0.4, -0.2) is 13.0 Å². The van der Waals surface area contributed by atoms with Crippen molar-refractivity contribution in [2.75, 3.05) is 18.2 Å². The third-order valence-electron chi connectivity index (χ3n) is 2.96. The third kappa shape index (κ3) is 3.11. The zero-order chi connectivity index (χ0) is 14.7. The van der Waals surface area contributed by atoms with Gasteiger partial charge in [0.2, 0.25) is 0 Å². The van der Waals surface area contributed by atoms with Crippen molar-refractivity contribution >= 4 is 33.2 Å². The molecule has 0 unspecified atom stereocenters. The van der Waals surface area contributed by atoms with Crippen molar-refractivity contribution in [3.8, 4) is 5.75 Å². The minimum atomic E-state index is -0.217. The number of aryl methyl sites for hydroxylation is 1. The Morgan fingerprint density at radius 1 is 1.25 bits per heavy atom. The highest BCUT2D eigenvalue weighted by Gasteiger charge is 2.10. The molecule has 0 bridgehead atoms. The number of methoxy groups -OCH3 is 1. The quantitative estimate of drug-likeness (QED) is 0.843. The first-order valence-electron chi connectivity index (χ1n) is 6.02. The van der Waals surface area contributed by atoms with Crippen LogP contribution in [0.1, 0.15) is 15.9 Å². The first-order valence-corrected chi connectivity index (χ1v) is 6.81. The Kier molecular flexibility index (Phi) is 4.29. The lowest BCUT2D eigenvalue weighted by Gasteiger charge is -2.10. The van der Waals surface area contributed by atoms with Gasteiger partial charge in [-0.25, -0.2) is 0 Å². The van der Waals surface area contributed by atoms with Gasteiger partial charge in [-0.1, -0.05) is 6.07 Å². The van der Waals surface area contributed by atoms with Crippen molar-refractivity contribution in [3.05, 3.63) is 52.0 Å². The number of carbonyl (C=O) groups is 1. The second kappa shape index (κ2) is 5.96. The lowest BCUT2D eigenvalue weighted by molar-refractivity contribution is 0.102. The van der Waals surface area contributed by atoms with Crippen LogP contribution in [0, 0.1) is 6.92 Å². The second-order valence-electron chi connectivity index (χ2n) is 4.37. The van der Waals surface area contributed by atoms with Crippen LogP contribution in [0.5, 0.6) is 5.75 Å². The molecule has 2 rings (SSSR count). The lowest BCUT2D eigenvalue weighted by Crippen LogP contribution is -2.13. The van der Waals surface area contributed by atoms with Crippen LogP contribution >= 0.6 is 15.9 Å². The van der Waals surface area contributed by atoms with Crippen molar-refractivity contribution in [1.29, 1.82) is 0 Å².